The highest BCUT2D eigenvalue weighted by molar-refractivity contribution is 6.35. The molecule has 0 spiro atoms. The minimum Gasteiger partial charge on any atom is -0.335 e. The van der Waals surface area contributed by atoms with Crippen molar-refractivity contribution in [1.82, 2.24) is 9.80 Å². The summed E-state index contributed by atoms with van der Waals surface area (Å²) < 4.78 is 0. The van der Waals surface area contributed by atoms with E-state index in [2.05, 4.69) is 0 Å². The Hall–Kier alpha value is -2.37. The van der Waals surface area contributed by atoms with Crippen molar-refractivity contribution in [2.45, 2.75) is 0 Å². The van der Waals surface area contributed by atoms with Gasteiger partial charge in [-0.25, -0.2) is 0 Å². The summed E-state index contributed by atoms with van der Waals surface area (Å²) in [5, 5.41) is 0.821. The van der Waals surface area contributed by atoms with E-state index in [0.29, 0.717) is 52.9 Å². The molecule has 1 fully saturated rings. The van der Waals surface area contributed by atoms with E-state index in [4.69, 9.17) is 23.2 Å². The predicted octanol–water partition coefficient (Wildman–Crippen LogP) is 3.40. The third kappa shape index (κ3) is 4.06. The monoisotopic (exact) mass is 390 g/mol. The van der Waals surface area contributed by atoms with Gasteiger partial charge >= 0.3 is 0 Å². The van der Waals surface area contributed by atoms with Gasteiger partial charge in [0.05, 0.1) is 0 Å². The van der Waals surface area contributed by atoms with Crippen molar-refractivity contribution in [3.63, 3.8) is 0 Å². The van der Waals surface area contributed by atoms with Crippen LogP contribution in [0.25, 0.3) is 0 Å². The number of carbonyl (C=O) groups excluding carboxylic acids is 3. The number of carbonyl (C=O) groups is 3. The van der Waals surface area contributed by atoms with E-state index < -0.39 is 0 Å². The zero-order valence-corrected chi connectivity index (χ0v) is 15.3. The van der Waals surface area contributed by atoms with E-state index in [1.807, 2.05) is 0 Å². The number of rotatable bonds is 3. The second-order valence-electron chi connectivity index (χ2n) is 5.98. The molecule has 0 bridgehead atoms. The fraction of sp³-hybridized carbons (Fsp3) is 0.211. The van der Waals surface area contributed by atoms with Gasteiger partial charge in [-0.3, -0.25) is 14.4 Å². The summed E-state index contributed by atoms with van der Waals surface area (Å²) >= 11 is 11.9. The van der Waals surface area contributed by atoms with E-state index in [0.717, 1.165) is 6.29 Å². The molecule has 2 aromatic carbocycles. The molecule has 3 rings (SSSR count). The maximum absolute atomic E-state index is 12.6. The molecule has 26 heavy (non-hydrogen) atoms. The van der Waals surface area contributed by atoms with Crippen LogP contribution in [0.1, 0.15) is 31.1 Å². The van der Waals surface area contributed by atoms with E-state index in [1.165, 1.54) is 0 Å². The largest absolute Gasteiger partial charge is 0.335 e. The Labute approximate surface area is 161 Å². The smallest absolute Gasteiger partial charge is 0.254 e. The highest BCUT2D eigenvalue weighted by atomic mass is 35.5. The molecule has 0 aliphatic carbocycles. The van der Waals surface area contributed by atoms with Gasteiger partial charge in [0.2, 0.25) is 0 Å². The summed E-state index contributed by atoms with van der Waals surface area (Å²) in [6.45, 7) is 1.74. The molecule has 0 unspecified atom stereocenters. The number of benzene rings is 2. The normalized spacial score (nSPS) is 14.2. The number of amides is 2. The van der Waals surface area contributed by atoms with Crippen LogP contribution in [0.2, 0.25) is 10.0 Å². The van der Waals surface area contributed by atoms with Crippen LogP contribution in [0.4, 0.5) is 0 Å². The number of nitrogens with zero attached hydrogens (tertiary/aromatic N) is 2. The van der Waals surface area contributed by atoms with Gasteiger partial charge < -0.3 is 9.80 Å². The predicted molar refractivity (Wildman–Crippen MR) is 100 cm³/mol. The minimum absolute atomic E-state index is 0.111. The van der Waals surface area contributed by atoms with Crippen molar-refractivity contribution in [2.24, 2.45) is 0 Å². The van der Waals surface area contributed by atoms with Crippen LogP contribution in [0.5, 0.6) is 0 Å². The molecule has 2 aromatic rings. The Morgan fingerprint density at radius 2 is 1.23 bits per heavy atom. The molecule has 1 heterocycles. The Morgan fingerprint density at radius 1 is 0.769 bits per heavy atom. The first-order valence-electron chi connectivity index (χ1n) is 8.08. The Balaban J connectivity index is 1.63. The van der Waals surface area contributed by atoms with Crippen LogP contribution in [-0.2, 0) is 0 Å². The Bertz CT molecular complexity index is 824. The SMILES string of the molecule is O=Cc1ccc(C(=O)N2CCN(C(=O)c3cc(Cl)cc(Cl)c3)CC2)cc1. The second-order valence-corrected chi connectivity index (χ2v) is 6.86. The van der Waals surface area contributed by atoms with Crippen molar-refractivity contribution in [2.75, 3.05) is 26.2 Å². The van der Waals surface area contributed by atoms with Gasteiger partial charge in [0.25, 0.3) is 11.8 Å². The van der Waals surface area contributed by atoms with Crippen LogP contribution in [0, 0.1) is 0 Å². The van der Waals surface area contributed by atoms with Crippen molar-refractivity contribution in [3.05, 3.63) is 69.2 Å². The number of hydrogen-bond acceptors (Lipinski definition) is 3. The summed E-state index contributed by atoms with van der Waals surface area (Å²) in [5.74, 6) is -0.266. The first kappa shape index (κ1) is 18.4. The Morgan fingerprint density at radius 3 is 1.69 bits per heavy atom. The lowest BCUT2D eigenvalue weighted by Gasteiger charge is -2.35. The third-order valence-corrected chi connectivity index (χ3v) is 4.69. The number of hydrogen-bond donors (Lipinski definition) is 0. The number of piperazine rings is 1. The fourth-order valence-electron chi connectivity index (χ4n) is 2.86. The lowest BCUT2D eigenvalue weighted by atomic mass is 10.1. The number of aldehydes is 1. The van der Waals surface area contributed by atoms with Gasteiger partial charge in [0.15, 0.2) is 0 Å². The first-order valence-corrected chi connectivity index (χ1v) is 8.83. The zero-order chi connectivity index (χ0) is 18.7. The van der Waals surface area contributed by atoms with E-state index in [9.17, 15) is 14.4 Å². The van der Waals surface area contributed by atoms with Crippen LogP contribution < -0.4 is 0 Å². The molecule has 5 nitrogen and oxygen atoms in total. The lowest BCUT2D eigenvalue weighted by molar-refractivity contribution is 0.0535. The van der Waals surface area contributed by atoms with E-state index in [1.54, 1.807) is 52.3 Å². The molecule has 0 N–H and O–H groups in total. The number of halogens is 2. The van der Waals surface area contributed by atoms with Crippen molar-refractivity contribution >= 4 is 41.3 Å². The van der Waals surface area contributed by atoms with E-state index in [-0.39, 0.29) is 11.8 Å². The quantitative estimate of drug-likeness (QED) is 0.754. The molecule has 2 amide bonds. The van der Waals surface area contributed by atoms with E-state index >= 15 is 0 Å². The van der Waals surface area contributed by atoms with Crippen molar-refractivity contribution < 1.29 is 14.4 Å². The molecule has 0 atom stereocenters. The molecule has 0 saturated carbocycles. The van der Waals surface area contributed by atoms with Gasteiger partial charge in [-0.1, -0.05) is 35.3 Å². The first-order chi connectivity index (χ1) is 12.5. The van der Waals surface area contributed by atoms with Crippen LogP contribution in [0.15, 0.2) is 42.5 Å². The highest BCUT2D eigenvalue weighted by Gasteiger charge is 2.25. The topological polar surface area (TPSA) is 57.7 Å². The van der Waals surface area contributed by atoms with Gasteiger partial charge in [0, 0.05) is 52.9 Å². The summed E-state index contributed by atoms with van der Waals surface area (Å²) in [6, 6.07) is 11.2. The fourth-order valence-corrected chi connectivity index (χ4v) is 3.39. The van der Waals surface area contributed by atoms with Crippen LogP contribution >= 0.6 is 23.2 Å². The Kier molecular flexibility index (Phi) is 5.59. The molecule has 0 radical (unpaired) electrons. The third-order valence-electron chi connectivity index (χ3n) is 4.26. The highest BCUT2D eigenvalue weighted by Crippen LogP contribution is 2.21. The summed E-state index contributed by atoms with van der Waals surface area (Å²) in [5.41, 5.74) is 1.49. The molecular weight excluding hydrogens is 375 g/mol. The summed E-state index contributed by atoms with van der Waals surface area (Å²) in [6.07, 6.45) is 0.737. The zero-order valence-electron chi connectivity index (χ0n) is 13.8. The minimum atomic E-state index is -0.156. The average Bonchev–Trinajstić information content (AvgIpc) is 2.66. The van der Waals surface area contributed by atoms with Crippen molar-refractivity contribution in [1.29, 1.82) is 0 Å². The van der Waals surface area contributed by atoms with Gasteiger partial charge in [-0.05, 0) is 30.3 Å². The molecule has 1 aliphatic rings. The summed E-state index contributed by atoms with van der Waals surface area (Å²) in [7, 11) is 0. The molecule has 1 saturated heterocycles. The van der Waals surface area contributed by atoms with Gasteiger partial charge in [-0.2, -0.15) is 0 Å². The maximum atomic E-state index is 12.6. The molecule has 7 heteroatoms. The standard InChI is InChI=1S/C19H16Cl2N2O3/c20-16-9-15(10-17(21)11-16)19(26)23-7-5-22(6-8-23)18(25)14-3-1-13(12-24)2-4-14/h1-4,9-12H,5-8H2. The average molecular weight is 391 g/mol. The van der Waals surface area contributed by atoms with Crippen LogP contribution in [0.3, 0.4) is 0 Å². The second kappa shape index (κ2) is 7.89. The molecule has 0 aromatic heterocycles. The summed E-state index contributed by atoms with van der Waals surface area (Å²) in [4.78, 5) is 39.2. The maximum Gasteiger partial charge on any atom is 0.254 e. The van der Waals surface area contributed by atoms with Gasteiger partial charge in [-0.15, -0.1) is 0 Å². The lowest BCUT2D eigenvalue weighted by Crippen LogP contribution is -2.50. The molecule has 1 aliphatic heterocycles. The van der Waals surface area contributed by atoms with Crippen molar-refractivity contribution in [3.8, 4) is 0 Å². The van der Waals surface area contributed by atoms with Crippen LogP contribution in [-0.4, -0.2) is 54.1 Å². The van der Waals surface area contributed by atoms with Gasteiger partial charge in [0.1, 0.15) is 6.29 Å². The molecular formula is C19H16Cl2N2O3. The molecule has 134 valence electrons.